The van der Waals surface area contributed by atoms with E-state index >= 15 is 0 Å². The summed E-state index contributed by atoms with van der Waals surface area (Å²) in [6.07, 6.45) is 1.44. The summed E-state index contributed by atoms with van der Waals surface area (Å²) in [5.41, 5.74) is 6.05. The third-order valence-corrected chi connectivity index (χ3v) is 1.55. The second-order valence-corrected chi connectivity index (χ2v) is 2.46. The first kappa shape index (κ1) is 9.40. The van der Waals surface area contributed by atoms with Gasteiger partial charge in [0.15, 0.2) is 0 Å². The fourth-order valence-corrected chi connectivity index (χ4v) is 0.913. The SMILES string of the molecule is Nc1cc([N+](=O)[O-])cnc1CCO. The van der Waals surface area contributed by atoms with Crippen LogP contribution >= 0.6 is 0 Å². The van der Waals surface area contributed by atoms with Crippen molar-refractivity contribution in [3.05, 3.63) is 28.1 Å². The van der Waals surface area contributed by atoms with Gasteiger partial charge in [-0.1, -0.05) is 0 Å². The number of hydrogen-bond donors (Lipinski definition) is 2. The van der Waals surface area contributed by atoms with Gasteiger partial charge in [-0.25, -0.2) is 0 Å². The van der Waals surface area contributed by atoms with Crippen LogP contribution in [-0.2, 0) is 6.42 Å². The number of nitrogen functional groups attached to an aromatic ring is 1. The summed E-state index contributed by atoms with van der Waals surface area (Å²) < 4.78 is 0. The van der Waals surface area contributed by atoms with Crippen LogP contribution in [0.4, 0.5) is 11.4 Å². The Labute approximate surface area is 74.2 Å². The highest BCUT2D eigenvalue weighted by molar-refractivity contribution is 5.49. The van der Waals surface area contributed by atoms with E-state index in [9.17, 15) is 10.1 Å². The normalized spacial score (nSPS) is 9.92. The Morgan fingerprint density at radius 1 is 1.69 bits per heavy atom. The van der Waals surface area contributed by atoms with Gasteiger partial charge < -0.3 is 10.8 Å². The Balaban J connectivity index is 2.98. The number of nitro groups is 1. The van der Waals surface area contributed by atoms with Crippen molar-refractivity contribution in [2.45, 2.75) is 6.42 Å². The minimum Gasteiger partial charge on any atom is -0.397 e. The first-order chi connectivity index (χ1) is 6.15. The van der Waals surface area contributed by atoms with Crippen molar-refractivity contribution >= 4 is 11.4 Å². The third-order valence-electron chi connectivity index (χ3n) is 1.55. The van der Waals surface area contributed by atoms with Crippen molar-refractivity contribution in [2.75, 3.05) is 12.3 Å². The fraction of sp³-hybridized carbons (Fsp3) is 0.286. The molecule has 0 saturated heterocycles. The van der Waals surface area contributed by atoms with E-state index in [0.717, 1.165) is 6.20 Å². The Morgan fingerprint density at radius 2 is 2.38 bits per heavy atom. The molecule has 0 aliphatic rings. The lowest BCUT2D eigenvalue weighted by Crippen LogP contribution is -2.02. The van der Waals surface area contributed by atoms with Crippen LogP contribution in [0.25, 0.3) is 0 Å². The average molecular weight is 183 g/mol. The summed E-state index contributed by atoms with van der Waals surface area (Å²) in [6.45, 7) is -0.0744. The first-order valence-electron chi connectivity index (χ1n) is 3.65. The molecule has 0 unspecified atom stereocenters. The molecule has 0 radical (unpaired) electrons. The molecule has 0 spiro atoms. The van der Waals surface area contributed by atoms with Crippen molar-refractivity contribution in [2.24, 2.45) is 0 Å². The van der Waals surface area contributed by atoms with E-state index < -0.39 is 4.92 Å². The van der Waals surface area contributed by atoms with Gasteiger partial charge in [0.05, 0.1) is 16.3 Å². The summed E-state index contributed by atoms with van der Waals surface area (Å²) in [5.74, 6) is 0. The molecule has 0 atom stereocenters. The molecule has 6 nitrogen and oxygen atoms in total. The van der Waals surface area contributed by atoms with Gasteiger partial charge in [-0.15, -0.1) is 0 Å². The molecule has 6 heteroatoms. The maximum atomic E-state index is 10.3. The molecule has 0 amide bonds. The Bertz CT molecular complexity index is 327. The summed E-state index contributed by atoms with van der Waals surface area (Å²) in [4.78, 5) is 13.5. The zero-order valence-corrected chi connectivity index (χ0v) is 6.80. The van der Waals surface area contributed by atoms with Crippen LogP contribution in [0.3, 0.4) is 0 Å². The lowest BCUT2D eigenvalue weighted by Gasteiger charge is -2.01. The Hall–Kier alpha value is -1.69. The molecule has 0 aliphatic carbocycles. The van der Waals surface area contributed by atoms with Gasteiger partial charge in [0.1, 0.15) is 6.20 Å². The van der Waals surface area contributed by atoms with Gasteiger partial charge in [-0.05, 0) is 0 Å². The van der Waals surface area contributed by atoms with Gasteiger partial charge in [0.2, 0.25) is 0 Å². The number of pyridine rings is 1. The van der Waals surface area contributed by atoms with Gasteiger partial charge in [0.25, 0.3) is 5.69 Å². The van der Waals surface area contributed by atoms with Crippen molar-refractivity contribution in [1.29, 1.82) is 0 Å². The van der Waals surface area contributed by atoms with Crippen molar-refractivity contribution in [3.63, 3.8) is 0 Å². The van der Waals surface area contributed by atoms with E-state index in [1.165, 1.54) is 6.07 Å². The van der Waals surface area contributed by atoms with E-state index in [1.54, 1.807) is 0 Å². The number of aromatic nitrogens is 1. The minimum atomic E-state index is -0.563. The Morgan fingerprint density at radius 3 is 2.85 bits per heavy atom. The summed E-state index contributed by atoms with van der Waals surface area (Å²) in [5, 5.41) is 18.9. The van der Waals surface area contributed by atoms with Gasteiger partial charge >= 0.3 is 0 Å². The first-order valence-corrected chi connectivity index (χ1v) is 3.65. The van der Waals surface area contributed by atoms with E-state index in [-0.39, 0.29) is 18.0 Å². The summed E-state index contributed by atoms with van der Waals surface area (Å²) in [7, 11) is 0. The molecular weight excluding hydrogens is 174 g/mol. The monoisotopic (exact) mass is 183 g/mol. The molecular formula is C7H9N3O3. The second kappa shape index (κ2) is 3.81. The maximum Gasteiger partial charge on any atom is 0.289 e. The van der Waals surface area contributed by atoms with Crippen LogP contribution in [0, 0.1) is 10.1 Å². The number of aliphatic hydroxyl groups is 1. The highest BCUT2D eigenvalue weighted by Crippen LogP contribution is 2.16. The quantitative estimate of drug-likeness (QED) is 0.511. The van der Waals surface area contributed by atoms with E-state index in [0.29, 0.717) is 12.1 Å². The van der Waals surface area contributed by atoms with Crippen molar-refractivity contribution in [1.82, 2.24) is 4.98 Å². The number of aliphatic hydroxyl groups excluding tert-OH is 1. The maximum absolute atomic E-state index is 10.3. The van der Waals surface area contributed by atoms with Crippen molar-refractivity contribution in [3.8, 4) is 0 Å². The van der Waals surface area contributed by atoms with Gasteiger partial charge in [-0.3, -0.25) is 15.1 Å². The van der Waals surface area contributed by atoms with Gasteiger partial charge in [0, 0.05) is 19.1 Å². The molecule has 3 N–H and O–H groups in total. The summed E-state index contributed by atoms with van der Waals surface area (Å²) in [6, 6.07) is 1.23. The van der Waals surface area contributed by atoms with E-state index in [1.807, 2.05) is 0 Å². The third kappa shape index (κ3) is 2.12. The zero-order valence-electron chi connectivity index (χ0n) is 6.80. The van der Waals surface area contributed by atoms with Crippen LogP contribution in [0.1, 0.15) is 5.69 Å². The predicted octanol–water partition coefficient (Wildman–Crippen LogP) is 0.107. The molecule has 0 fully saturated rings. The molecule has 1 aromatic rings. The van der Waals surface area contributed by atoms with Crippen LogP contribution < -0.4 is 5.73 Å². The highest BCUT2D eigenvalue weighted by Gasteiger charge is 2.09. The number of anilines is 1. The largest absolute Gasteiger partial charge is 0.397 e. The number of hydrogen-bond acceptors (Lipinski definition) is 5. The van der Waals surface area contributed by atoms with E-state index in [2.05, 4.69) is 4.98 Å². The number of rotatable bonds is 3. The lowest BCUT2D eigenvalue weighted by atomic mass is 10.2. The average Bonchev–Trinajstić information content (AvgIpc) is 2.08. The van der Waals surface area contributed by atoms with Gasteiger partial charge in [-0.2, -0.15) is 0 Å². The molecule has 0 saturated carbocycles. The van der Waals surface area contributed by atoms with Crippen LogP contribution in [-0.4, -0.2) is 21.6 Å². The highest BCUT2D eigenvalue weighted by atomic mass is 16.6. The molecule has 70 valence electrons. The molecule has 0 aromatic carbocycles. The van der Waals surface area contributed by atoms with Crippen LogP contribution in [0.2, 0.25) is 0 Å². The number of nitrogens with zero attached hydrogens (tertiary/aromatic N) is 2. The topological polar surface area (TPSA) is 102 Å². The fourth-order valence-electron chi connectivity index (χ4n) is 0.913. The molecule has 0 aliphatic heterocycles. The zero-order chi connectivity index (χ0) is 9.84. The lowest BCUT2D eigenvalue weighted by molar-refractivity contribution is -0.385. The molecule has 0 bridgehead atoms. The Kier molecular flexibility index (Phi) is 2.76. The molecule has 1 rings (SSSR count). The minimum absolute atomic E-state index is 0.0744. The van der Waals surface area contributed by atoms with E-state index in [4.69, 9.17) is 10.8 Å². The summed E-state index contributed by atoms with van der Waals surface area (Å²) >= 11 is 0. The number of nitrogens with two attached hydrogens (primary N) is 1. The van der Waals surface area contributed by atoms with Crippen molar-refractivity contribution < 1.29 is 10.0 Å². The molecule has 1 heterocycles. The molecule has 13 heavy (non-hydrogen) atoms. The molecule has 1 aromatic heterocycles. The second-order valence-electron chi connectivity index (χ2n) is 2.46. The van der Waals surface area contributed by atoms with Crippen LogP contribution in [0.15, 0.2) is 12.3 Å². The van der Waals surface area contributed by atoms with Crippen LogP contribution in [0.5, 0.6) is 0 Å². The smallest absolute Gasteiger partial charge is 0.289 e. The predicted molar refractivity (Wildman–Crippen MR) is 46.1 cm³/mol. The standard InChI is InChI=1S/C7H9N3O3/c8-6-3-5(10(12)13)4-9-7(6)1-2-11/h3-4,11H,1-2,8H2.